The Morgan fingerprint density at radius 2 is 2.25 bits per heavy atom. The van der Waals surface area contributed by atoms with Crippen molar-refractivity contribution < 1.29 is 9.53 Å². The molecule has 0 aromatic carbocycles. The summed E-state index contributed by atoms with van der Waals surface area (Å²) in [5.74, 6) is -0.264. The van der Waals surface area contributed by atoms with Crippen LogP contribution in [-0.2, 0) is 9.53 Å². The lowest BCUT2D eigenvalue weighted by molar-refractivity contribution is -0.124. The Morgan fingerprint density at radius 1 is 1.55 bits per heavy atom. The van der Waals surface area contributed by atoms with Crippen LogP contribution in [0.15, 0.2) is 0 Å². The molecule has 5 nitrogen and oxygen atoms in total. The highest BCUT2D eigenvalue weighted by Gasteiger charge is 2.31. The molecule has 1 rings (SSSR count). The summed E-state index contributed by atoms with van der Waals surface area (Å²) >= 11 is 0. The Hall–Kier alpha value is -0.650. The molecule has 1 heterocycles. The predicted octanol–water partition coefficient (Wildman–Crippen LogP) is 1.12. The quantitative estimate of drug-likeness (QED) is 0.701. The van der Waals surface area contributed by atoms with Gasteiger partial charge in [-0.3, -0.25) is 9.69 Å². The van der Waals surface area contributed by atoms with Crippen LogP contribution in [0.5, 0.6) is 0 Å². The molecule has 0 aliphatic carbocycles. The second-order valence-electron chi connectivity index (χ2n) is 6.27. The van der Waals surface area contributed by atoms with Crippen LogP contribution in [0.2, 0.25) is 0 Å². The van der Waals surface area contributed by atoms with E-state index in [1.54, 1.807) is 0 Å². The molecule has 118 valence electrons. The van der Waals surface area contributed by atoms with Gasteiger partial charge in [-0.15, -0.1) is 0 Å². The van der Waals surface area contributed by atoms with Gasteiger partial charge in [0.1, 0.15) is 0 Å². The summed E-state index contributed by atoms with van der Waals surface area (Å²) in [5, 5.41) is 3.30. The standard InChI is InChI=1S/C15H31N3O2/c1-5-13-11-20-10-9-18(13)8-6-7-15(4,14(16)19)17-12(2)3/h12-13,17H,5-11H2,1-4H3,(H2,16,19). The molecule has 1 aliphatic heterocycles. The third-order valence-corrected chi connectivity index (χ3v) is 4.09. The molecular weight excluding hydrogens is 254 g/mol. The summed E-state index contributed by atoms with van der Waals surface area (Å²) in [6.07, 6.45) is 2.85. The van der Waals surface area contributed by atoms with Gasteiger partial charge in [-0.2, -0.15) is 0 Å². The van der Waals surface area contributed by atoms with Gasteiger partial charge < -0.3 is 15.8 Å². The first-order valence-corrected chi connectivity index (χ1v) is 7.78. The third-order valence-electron chi connectivity index (χ3n) is 4.09. The Morgan fingerprint density at radius 3 is 2.80 bits per heavy atom. The average molecular weight is 285 g/mol. The lowest BCUT2D eigenvalue weighted by Gasteiger charge is -2.36. The van der Waals surface area contributed by atoms with Gasteiger partial charge in [-0.25, -0.2) is 0 Å². The summed E-state index contributed by atoms with van der Waals surface area (Å²) in [7, 11) is 0. The Labute approximate surface area is 123 Å². The lowest BCUT2D eigenvalue weighted by atomic mass is 9.93. The zero-order valence-corrected chi connectivity index (χ0v) is 13.4. The van der Waals surface area contributed by atoms with Crippen LogP contribution in [0.1, 0.15) is 47.0 Å². The number of ether oxygens (including phenoxy) is 1. The number of primary amides is 1. The van der Waals surface area contributed by atoms with E-state index in [4.69, 9.17) is 10.5 Å². The first kappa shape index (κ1) is 17.4. The SMILES string of the molecule is CCC1COCCN1CCCC(C)(NC(C)C)C(N)=O. The first-order chi connectivity index (χ1) is 9.39. The number of carbonyl (C=O) groups excluding carboxylic acids is 1. The molecule has 1 aliphatic rings. The van der Waals surface area contributed by atoms with E-state index in [0.29, 0.717) is 6.04 Å². The Bertz CT molecular complexity index is 309. The maximum absolute atomic E-state index is 11.7. The molecule has 0 bridgehead atoms. The summed E-state index contributed by atoms with van der Waals surface area (Å²) in [6.45, 7) is 11.8. The zero-order chi connectivity index (χ0) is 15.2. The van der Waals surface area contributed by atoms with Crippen molar-refractivity contribution in [1.29, 1.82) is 0 Å². The molecule has 0 saturated carbocycles. The number of rotatable bonds is 8. The fourth-order valence-corrected chi connectivity index (χ4v) is 2.90. The highest BCUT2D eigenvalue weighted by Crippen LogP contribution is 2.16. The molecule has 20 heavy (non-hydrogen) atoms. The number of hydrogen-bond donors (Lipinski definition) is 2. The maximum Gasteiger partial charge on any atom is 0.237 e. The molecule has 1 fully saturated rings. The van der Waals surface area contributed by atoms with Gasteiger partial charge >= 0.3 is 0 Å². The minimum absolute atomic E-state index is 0.249. The molecule has 2 unspecified atom stereocenters. The van der Waals surface area contributed by atoms with Gasteiger partial charge in [0.05, 0.1) is 18.8 Å². The second-order valence-corrected chi connectivity index (χ2v) is 6.27. The van der Waals surface area contributed by atoms with Crippen LogP contribution in [0, 0.1) is 0 Å². The largest absolute Gasteiger partial charge is 0.378 e. The molecule has 5 heteroatoms. The fraction of sp³-hybridized carbons (Fsp3) is 0.933. The molecular formula is C15H31N3O2. The van der Waals surface area contributed by atoms with E-state index < -0.39 is 5.54 Å². The third kappa shape index (κ3) is 5.04. The van der Waals surface area contributed by atoms with Crippen molar-refractivity contribution in [3.8, 4) is 0 Å². The van der Waals surface area contributed by atoms with Crippen LogP contribution in [0.4, 0.5) is 0 Å². The van der Waals surface area contributed by atoms with Crippen LogP contribution in [-0.4, -0.2) is 54.7 Å². The number of amides is 1. The van der Waals surface area contributed by atoms with Gasteiger partial charge in [0.25, 0.3) is 0 Å². The van der Waals surface area contributed by atoms with Crippen molar-refractivity contribution in [2.45, 2.75) is 64.6 Å². The van der Waals surface area contributed by atoms with Gasteiger partial charge in [-0.1, -0.05) is 6.92 Å². The van der Waals surface area contributed by atoms with Crippen molar-refractivity contribution >= 4 is 5.91 Å². The molecule has 0 aromatic heterocycles. The minimum Gasteiger partial charge on any atom is -0.378 e. The Kier molecular flexibility index (Phi) is 6.92. The molecule has 0 spiro atoms. The van der Waals surface area contributed by atoms with Crippen LogP contribution >= 0.6 is 0 Å². The van der Waals surface area contributed by atoms with E-state index in [0.717, 1.165) is 45.6 Å². The van der Waals surface area contributed by atoms with E-state index in [2.05, 4.69) is 17.1 Å². The summed E-state index contributed by atoms with van der Waals surface area (Å²) in [5.41, 5.74) is 4.95. The van der Waals surface area contributed by atoms with E-state index in [1.807, 2.05) is 20.8 Å². The van der Waals surface area contributed by atoms with Crippen molar-refractivity contribution in [1.82, 2.24) is 10.2 Å². The zero-order valence-electron chi connectivity index (χ0n) is 13.4. The van der Waals surface area contributed by atoms with Crippen molar-refractivity contribution in [3.63, 3.8) is 0 Å². The van der Waals surface area contributed by atoms with Crippen LogP contribution in [0.25, 0.3) is 0 Å². The smallest absolute Gasteiger partial charge is 0.237 e. The van der Waals surface area contributed by atoms with E-state index in [-0.39, 0.29) is 11.9 Å². The van der Waals surface area contributed by atoms with Crippen molar-refractivity contribution in [2.75, 3.05) is 26.3 Å². The first-order valence-electron chi connectivity index (χ1n) is 7.78. The number of nitrogens with one attached hydrogen (secondary N) is 1. The Balaban J connectivity index is 2.45. The van der Waals surface area contributed by atoms with E-state index in [1.165, 1.54) is 0 Å². The minimum atomic E-state index is -0.609. The van der Waals surface area contributed by atoms with Crippen LogP contribution < -0.4 is 11.1 Å². The highest BCUT2D eigenvalue weighted by molar-refractivity contribution is 5.84. The van der Waals surface area contributed by atoms with Crippen molar-refractivity contribution in [3.05, 3.63) is 0 Å². The highest BCUT2D eigenvalue weighted by atomic mass is 16.5. The molecule has 1 saturated heterocycles. The second kappa shape index (κ2) is 7.96. The lowest BCUT2D eigenvalue weighted by Crippen LogP contribution is -2.56. The topological polar surface area (TPSA) is 67.6 Å². The molecule has 3 N–H and O–H groups in total. The number of carbonyl (C=O) groups is 1. The number of hydrogen-bond acceptors (Lipinski definition) is 4. The fourth-order valence-electron chi connectivity index (χ4n) is 2.90. The number of morpholine rings is 1. The normalized spacial score (nSPS) is 23.8. The average Bonchev–Trinajstić information content (AvgIpc) is 2.38. The van der Waals surface area contributed by atoms with Crippen molar-refractivity contribution in [2.24, 2.45) is 5.73 Å². The molecule has 0 radical (unpaired) electrons. The summed E-state index contributed by atoms with van der Waals surface area (Å²) < 4.78 is 5.51. The van der Waals surface area contributed by atoms with Gasteiger partial charge in [-0.05, 0) is 46.6 Å². The predicted molar refractivity (Wildman–Crippen MR) is 81.6 cm³/mol. The van der Waals surface area contributed by atoms with E-state index >= 15 is 0 Å². The van der Waals surface area contributed by atoms with Gasteiger partial charge in [0.2, 0.25) is 5.91 Å². The summed E-state index contributed by atoms with van der Waals surface area (Å²) in [4.78, 5) is 14.2. The van der Waals surface area contributed by atoms with Crippen LogP contribution in [0.3, 0.4) is 0 Å². The van der Waals surface area contributed by atoms with Gasteiger partial charge in [0.15, 0.2) is 0 Å². The monoisotopic (exact) mass is 285 g/mol. The summed E-state index contributed by atoms with van der Waals surface area (Å²) in [6, 6.07) is 0.765. The molecule has 0 aromatic rings. The maximum atomic E-state index is 11.7. The van der Waals surface area contributed by atoms with E-state index in [9.17, 15) is 4.79 Å². The molecule has 1 amide bonds. The number of nitrogens with two attached hydrogens (primary N) is 1. The van der Waals surface area contributed by atoms with Gasteiger partial charge in [0, 0.05) is 18.6 Å². The number of nitrogens with zero attached hydrogens (tertiary/aromatic N) is 1. The molecule has 2 atom stereocenters.